The molecule has 0 bridgehead atoms. The zero-order chi connectivity index (χ0) is 10.7. The Kier molecular flexibility index (Phi) is 3.89. The second-order valence-corrected chi connectivity index (χ2v) is 3.12. The minimum Gasteiger partial charge on any atom is -0.481 e. The lowest BCUT2D eigenvalue weighted by Crippen LogP contribution is -2.00. The lowest BCUT2D eigenvalue weighted by Gasteiger charge is -2.09. The van der Waals surface area contributed by atoms with Gasteiger partial charge >= 0.3 is 0 Å². The highest BCUT2D eigenvalue weighted by molar-refractivity contribution is 6.32. The van der Waals surface area contributed by atoms with E-state index < -0.39 is 12.1 Å². The van der Waals surface area contributed by atoms with Gasteiger partial charge in [-0.05, 0) is 0 Å². The van der Waals surface area contributed by atoms with Crippen molar-refractivity contribution in [3.63, 3.8) is 0 Å². The van der Waals surface area contributed by atoms with Gasteiger partial charge in [0.25, 0.3) is 6.43 Å². The van der Waals surface area contributed by atoms with Crippen molar-refractivity contribution >= 4 is 23.2 Å². The fourth-order valence-corrected chi connectivity index (χ4v) is 1.56. The Morgan fingerprint density at radius 2 is 2.21 bits per heavy atom. The molecule has 0 aliphatic rings. The summed E-state index contributed by atoms with van der Waals surface area (Å²) in [6.07, 6.45) is -2.71. The van der Waals surface area contributed by atoms with Crippen molar-refractivity contribution in [2.24, 2.45) is 0 Å². The average molecular weight is 242 g/mol. The zero-order valence-corrected chi connectivity index (χ0v) is 8.74. The maximum absolute atomic E-state index is 12.5. The smallest absolute Gasteiger partial charge is 0.280 e. The molecule has 0 spiro atoms. The molecule has 1 aromatic rings. The number of halogens is 4. The third kappa shape index (κ3) is 2.25. The van der Waals surface area contributed by atoms with Crippen LogP contribution < -0.4 is 4.74 Å². The summed E-state index contributed by atoms with van der Waals surface area (Å²) in [7, 11) is 1.33. The van der Waals surface area contributed by atoms with E-state index in [9.17, 15) is 8.78 Å². The van der Waals surface area contributed by atoms with E-state index >= 15 is 0 Å². The van der Waals surface area contributed by atoms with Gasteiger partial charge in [-0.25, -0.2) is 13.8 Å². The van der Waals surface area contributed by atoms with Crippen molar-refractivity contribution < 1.29 is 13.5 Å². The van der Waals surface area contributed by atoms with Gasteiger partial charge in [-0.1, -0.05) is 11.6 Å². The van der Waals surface area contributed by atoms with Crippen molar-refractivity contribution in [1.82, 2.24) is 4.98 Å². The number of nitrogens with zero attached hydrogens (tertiary/aromatic N) is 1. The molecule has 78 valence electrons. The van der Waals surface area contributed by atoms with Crippen LogP contribution in [0.1, 0.15) is 17.7 Å². The predicted octanol–water partition coefficient (Wildman–Crippen LogP) is 3.42. The molecule has 2 nitrogen and oxygen atoms in total. The molecule has 0 aliphatic carbocycles. The van der Waals surface area contributed by atoms with Crippen molar-refractivity contribution in [3.05, 3.63) is 22.3 Å². The average Bonchev–Trinajstić information content (AvgIpc) is 2.16. The summed E-state index contributed by atoms with van der Waals surface area (Å²) >= 11 is 11.2. The van der Waals surface area contributed by atoms with Crippen LogP contribution in [0.2, 0.25) is 5.02 Å². The molecule has 0 aromatic carbocycles. The maximum Gasteiger partial charge on any atom is 0.280 e. The fraction of sp³-hybridized carbons (Fsp3) is 0.375. The summed E-state index contributed by atoms with van der Waals surface area (Å²) in [5.41, 5.74) is -0.284. The molecule has 0 saturated heterocycles. The first kappa shape index (κ1) is 11.5. The highest BCUT2D eigenvalue weighted by atomic mass is 35.5. The van der Waals surface area contributed by atoms with Gasteiger partial charge in [-0.15, -0.1) is 11.6 Å². The molecule has 0 amide bonds. The van der Waals surface area contributed by atoms with Gasteiger partial charge in [0.15, 0.2) is 0 Å². The molecule has 0 atom stereocenters. The van der Waals surface area contributed by atoms with E-state index in [-0.39, 0.29) is 22.3 Å². The largest absolute Gasteiger partial charge is 0.481 e. The van der Waals surface area contributed by atoms with E-state index in [1.54, 1.807) is 0 Å². The molecule has 0 radical (unpaired) electrons. The summed E-state index contributed by atoms with van der Waals surface area (Å²) < 4.78 is 29.7. The zero-order valence-electron chi connectivity index (χ0n) is 7.23. The Morgan fingerprint density at radius 3 is 2.64 bits per heavy atom. The number of hydrogen-bond acceptors (Lipinski definition) is 2. The molecule has 1 aromatic heterocycles. The van der Waals surface area contributed by atoms with Crippen LogP contribution in [0.5, 0.6) is 5.88 Å². The van der Waals surface area contributed by atoms with Crippen LogP contribution >= 0.6 is 23.2 Å². The lowest BCUT2D eigenvalue weighted by atomic mass is 10.2. The second kappa shape index (κ2) is 4.75. The van der Waals surface area contributed by atoms with Crippen LogP contribution in [0.25, 0.3) is 0 Å². The first-order valence-corrected chi connectivity index (χ1v) is 4.58. The number of hydrogen-bond donors (Lipinski definition) is 0. The van der Waals surface area contributed by atoms with Crippen LogP contribution in [0, 0.1) is 0 Å². The number of pyridine rings is 1. The van der Waals surface area contributed by atoms with Gasteiger partial charge in [-0.2, -0.15) is 0 Å². The monoisotopic (exact) mass is 241 g/mol. The molecule has 0 N–H and O–H groups in total. The molecule has 1 rings (SSSR count). The van der Waals surface area contributed by atoms with Gasteiger partial charge in [0.2, 0.25) is 5.88 Å². The minimum absolute atomic E-state index is 0.0548. The third-order valence-electron chi connectivity index (χ3n) is 1.63. The summed E-state index contributed by atoms with van der Waals surface area (Å²) in [4.78, 5) is 3.58. The summed E-state index contributed by atoms with van der Waals surface area (Å²) in [5, 5.41) is 0.141. The predicted molar refractivity (Wildman–Crippen MR) is 50.3 cm³/mol. The quantitative estimate of drug-likeness (QED) is 0.757. The molecule has 1 heterocycles. The highest BCUT2D eigenvalue weighted by Gasteiger charge is 2.18. The van der Waals surface area contributed by atoms with Crippen molar-refractivity contribution in [3.8, 4) is 5.88 Å². The molecule has 0 unspecified atom stereocenters. The number of methoxy groups -OCH3 is 1. The Hall–Kier alpha value is -0.610. The topological polar surface area (TPSA) is 22.1 Å². The van der Waals surface area contributed by atoms with Crippen molar-refractivity contribution in [2.75, 3.05) is 7.11 Å². The fourth-order valence-electron chi connectivity index (χ4n) is 0.954. The molecule has 0 aliphatic heterocycles. The molecular formula is C8H7Cl2F2NO. The van der Waals surface area contributed by atoms with E-state index in [2.05, 4.69) is 4.98 Å². The number of alkyl halides is 3. The third-order valence-corrected chi connectivity index (χ3v) is 2.23. The van der Waals surface area contributed by atoms with Crippen LogP contribution in [0.15, 0.2) is 6.07 Å². The van der Waals surface area contributed by atoms with E-state index in [4.69, 9.17) is 27.9 Å². The number of rotatable bonds is 3. The van der Waals surface area contributed by atoms with Gasteiger partial charge in [-0.3, -0.25) is 0 Å². The Morgan fingerprint density at radius 1 is 1.57 bits per heavy atom. The maximum atomic E-state index is 12.5. The highest BCUT2D eigenvalue weighted by Crippen LogP contribution is 2.30. The Bertz CT molecular complexity index is 333. The van der Waals surface area contributed by atoms with Crippen molar-refractivity contribution in [2.45, 2.75) is 12.3 Å². The summed E-state index contributed by atoms with van der Waals surface area (Å²) in [5.74, 6) is -0.0469. The van der Waals surface area contributed by atoms with E-state index in [1.165, 1.54) is 13.2 Å². The lowest BCUT2D eigenvalue weighted by molar-refractivity contribution is 0.144. The Labute approximate surface area is 89.8 Å². The SMILES string of the molecule is COc1cc(Cl)c(CCl)c(C(F)F)n1. The number of aromatic nitrogens is 1. The molecule has 0 fully saturated rings. The number of ether oxygens (including phenoxy) is 1. The first-order valence-electron chi connectivity index (χ1n) is 3.67. The van der Waals surface area contributed by atoms with Gasteiger partial charge < -0.3 is 4.74 Å². The van der Waals surface area contributed by atoms with Gasteiger partial charge in [0, 0.05) is 11.6 Å². The minimum atomic E-state index is -2.71. The van der Waals surface area contributed by atoms with Gasteiger partial charge in [0.1, 0.15) is 5.69 Å². The van der Waals surface area contributed by atoms with Crippen LogP contribution in [-0.2, 0) is 5.88 Å². The summed E-state index contributed by atoms with van der Waals surface area (Å²) in [6, 6.07) is 1.35. The van der Waals surface area contributed by atoms with Crippen LogP contribution in [0.4, 0.5) is 8.78 Å². The molecule has 14 heavy (non-hydrogen) atoms. The molecular weight excluding hydrogens is 235 g/mol. The molecule has 0 saturated carbocycles. The standard InChI is InChI=1S/C8H7Cl2F2NO/c1-14-6-2-5(10)4(3-9)7(13-6)8(11)12/h2,8H,3H2,1H3. The molecule has 6 heteroatoms. The summed E-state index contributed by atoms with van der Waals surface area (Å²) in [6.45, 7) is 0. The van der Waals surface area contributed by atoms with E-state index in [0.29, 0.717) is 0 Å². The Balaban J connectivity index is 3.28. The van der Waals surface area contributed by atoms with Gasteiger partial charge in [0.05, 0.1) is 18.0 Å². The van der Waals surface area contributed by atoms with Crippen LogP contribution in [-0.4, -0.2) is 12.1 Å². The van der Waals surface area contributed by atoms with E-state index in [1.807, 2.05) is 0 Å². The van der Waals surface area contributed by atoms with E-state index in [0.717, 1.165) is 0 Å². The second-order valence-electron chi connectivity index (χ2n) is 2.44. The first-order chi connectivity index (χ1) is 6.60. The normalized spacial score (nSPS) is 10.7. The van der Waals surface area contributed by atoms with Crippen molar-refractivity contribution in [1.29, 1.82) is 0 Å². The van der Waals surface area contributed by atoms with Crippen LogP contribution in [0.3, 0.4) is 0 Å².